The number of hydrogen-bond donors (Lipinski definition) is 1. The lowest BCUT2D eigenvalue weighted by Crippen LogP contribution is -2.51. The van der Waals surface area contributed by atoms with Crippen molar-refractivity contribution in [3.63, 3.8) is 0 Å². The van der Waals surface area contributed by atoms with Crippen molar-refractivity contribution in [3.8, 4) is 0 Å². The molecule has 0 heterocycles. The van der Waals surface area contributed by atoms with E-state index in [-0.39, 0.29) is 28.6 Å². The van der Waals surface area contributed by atoms with Gasteiger partial charge in [0.1, 0.15) is 5.78 Å². The molecule has 1 atom stereocenters. The zero-order chi connectivity index (χ0) is 16.4. The van der Waals surface area contributed by atoms with Crippen LogP contribution in [0.4, 0.5) is 0 Å². The summed E-state index contributed by atoms with van der Waals surface area (Å²) in [6.07, 6.45) is 1.02. The van der Waals surface area contributed by atoms with E-state index in [0.29, 0.717) is 12.8 Å². The molecule has 0 aliphatic heterocycles. The van der Waals surface area contributed by atoms with Crippen LogP contribution in [-0.4, -0.2) is 23.1 Å². The van der Waals surface area contributed by atoms with Gasteiger partial charge in [-0.2, -0.15) is 0 Å². The first-order chi connectivity index (χ1) is 8.64. The van der Waals surface area contributed by atoms with Crippen molar-refractivity contribution in [2.24, 2.45) is 10.8 Å². The summed E-state index contributed by atoms with van der Waals surface area (Å²) in [6.45, 7) is 17.7. The van der Waals surface area contributed by atoms with Crippen LogP contribution in [0.2, 0.25) is 0 Å². The van der Waals surface area contributed by atoms with Crippen LogP contribution in [0.1, 0.15) is 75.2 Å². The van der Waals surface area contributed by atoms with Crippen LogP contribution in [0.15, 0.2) is 0 Å². The third-order valence-electron chi connectivity index (χ3n) is 3.16. The molecular formula is C17H33NO2. The van der Waals surface area contributed by atoms with Gasteiger partial charge in [0.2, 0.25) is 0 Å². The molecule has 0 spiro atoms. The van der Waals surface area contributed by atoms with E-state index in [1.165, 1.54) is 0 Å². The predicted octanol–water partition coefficient (Wildman–Crippen LogP) is 3.75. The zero-order valence-electron chi connectivity index (χ0n) is 14.8. The van der Waals surface area contributed by atoms with E-state index in [4.69, 9.17) is 0 Å². The minimum absolute atomic E-state index is 0.143. The monoisotopic (exact) mass is 283 g/mol. The molecule has 3 nitrogen and oxygen atoms in total. The van der Waals surface area contributed by atoms with Gasteiger partial charge in [0.25, 0.3) is 0 Å². The molecule has 20 heavy (non-hydrogen) atoms. The Morgan fingerprint density at radius 3 is 1.60 bits per heavy atom. The van der Waals surface area contributed by atoms with Crippen LogP contribution in [0.3, 0.4) is 0 Å². The SMILES string of the molecule is CC(C)(C)N[C@@H](CCC(=O)C(C)(C)C)C(=O)C(C)(C)C. The average molecular weight is 283 g/mol. The number of nitrogens with one attached hydrogen (secondary N) is 1. The highest BCUT2D eigenvalue weighted by Crippen LogP contribution is 2.23. The third kappa shape index (κ3) is 7.18. The Balaban J connectivity index is 4.90. The Labute approximate surface area is 124 Å². The van der Waals surface area contributed by atoms with Crippen LogP contribution in [0.25, 0.3) is 0 Å². The summed E-state index contributed by atoms with van der Waals surface area (Å²) in [5.41, 5.74) is -0.874. The highest BCUT2D eigenvalue weighted by Gasteiger charge is 2.33. The second-order valence-corrected chi connectivity index (χ2v) is 8.77. The fourth-order valence-electron chi connectivity index (χ4n) is 1.96. The molecule has 0 fully saturated rings. The van der Waals surface area contributed by atoms with Gasteiger partial charge in [0.15, 0.2) is 5.78 Å². The van der Waals surface area contributed by atoms with Crippen molar-refractivity contribution in [1.29, 1.82) is 0 Å². The Bertz CT molecular complexity index is 351. The molecule has 0 saturated carbocycles. The maximum absolute atomic E-state index is 12.5. The smallest absolute Gasteiger partial charge is 0.155 e. The van der Waals surface area contributed by atoms with E-state index >= 15 is 0 Å². The normalized spacial score (nSPS) is 15.1. The average Bonchev–Trinajstić information content (AvgIpc) is 2.18. The first-order valence-corrected chi connectivity index (χ1v) is 7.50. The Hall–Kier alpha value is -0.700. The van der Waals surface area contributed by atoms with E-state index in [2.05, 4.69) is 5.32 Å². The second kappa shape index (κ2) is 6.38. The van der Waals surface area contributed by atoms with E-state index in [0.717, 1.165) is 0 Å². The molecule has 0 aromatic rings. The van der Waals surface area contributed by atoms with Crippen LogP contribution in [-0.2, 0) is 9.59 Å². The number of hydrogen-bond acceptors (Lipinski definition) is 3. The summed E-state index contributed by atoms with van der Waals surface area (Å²) in [7, 11) is 0. The van der Waals surface area contributed by atoms with Gasteiger partial charge in [-0.15, -0.1) is 0 Å². The van der Waals surface area contributed by atoms with Gasteiger partial charge >= 0.3 is 0 Å². The number of carbonyl (C=O) groups excluding carboxylic acids is 2. The molecule has 0 bridgehead atoms. The standard InChI is InChI=1S/C17H33NO2/c1-15(2,3)13(19)11-10-12(18-17(7,8)9)14(20)16(4,5)6/h12,18H,10-11H2,1-9H3/t12-/m0/s1. The summed E-state index contributed by atoms with van der Waals surface area (Å²) < 4.78 is 0. The molecule has 0 amide bonds. The Morgan fingerprint density at radius 1 is 0.850 bits per heavy atom. The van der Waals surface area contributed by atoms with Gasteiger partial charge in [-0.3, -0.25) is 9.59 Å². The van der Waals surface area contributed by atoms with E-state index in [9.17, 15) is 9.59 Å². The second-order valence-electron chi connectivity index (χ2n) is 8.77. The Morgan fingerprint density at radius 2 is 1.30 bits per heavy atom. The highest BCUT2D eigenvalue weighted by molar-refractivity contribution is 5.90. The fraction of sp³-hybridized carbons (Fsp3) is 0.882. The maximum Gasteiger partial charge on any atom is 0.155 e. The van der Waals surface area contributed by atoms with Crippen molar-refractivity contribution in [2.75, 3.05) is 0 Å². The highest BCUT2D eigenvalue weighted by atomic mass is 16.1. The summed E-state index contributed by atoms with van der Waals surface area (Å²) in [5, 5.41) is 3.37. The molecule has 0 rings (SSSR count). The molecule has 3 heteroatoms. The lowest BCUT2D eigenvalue weighted by atomic mass is 9.81. The quantitative estimate of drug-likeness (QED) is 0.835. The summed E-state index contributed by atoms with van der Waals surface area (Å²) in [4.78, 5) is 24.6. The predicted molar refractivity (Wildman–Crippen MR) is 84.8 cm³/mol. The molecule has 0 aliphatic rings. The van der Waals surface area contributed by atoms with Gasteiger partial charge in [0.05, 0.1) is 6.04 Å². The van der Waals surface area contributed by atoms with Crippen molar-refractivity contribution >= 4 is 11.6 Å². The van der Waals surface area contributed by atoms with E-state index < -0.39 is 5.41 Å². The van der Waals surface area contributed by atoms with Gasteiger partial charge in [0, 0.05) is 22.8 Å². The van der Waals surface area contributed by atoms with Gasteiger partial charge in [-0.05, 0) is 27.2 Å². The summed E-state index contributed by atoms with van der Waals surface area (Å²) in [6, 6.07) is -0.263. The molecule has 0 aromatic heterocycles. The number of carbonyl (C=O) groups is 2. The minimum Gasteiger partial charge on any atom is -0.303 e. The van der Waals surface area contributed by atoms with E-state index in [1.807, 2.05) is 62.3 Å². The van der Waals surface area contributed by atoms with Gasteiger partial charge < -0.3 is 5.32 Å². The topological polar surface area (TPSA) is 46.2 Å². The lowest BCUT2D eigenvalue weighted by molar-refractivity contribution is -0.130. The van der Waals surface area contributed by atoms with Crippen molar-refractivity contribution in [2.45, 2.75) is 86.7 Å². The molecule has 0 radical (unpaired) electrons. The zero-order valence-corrected chi connectivity index (χ0v) is 14.8. The van der Waals surface area contributed by atoms with Gasteiger partial charge in [-0.1, -0.05) is 41.5 Å². The van der Waals surface area contributed by atoms with E-state index in [1.54, 1.807) is 0 Å². The number of Topliss-reactive ketones (excluding diaryl/α,β-unsaturated/α-hetero) is 2. The third-order valence-corrected chi connectivity index (χ3v) is 3.16. The van der Waals surface area contributed by atoms with Crippen molar-refractivity contribution in [1.82, 2.24) is 5.32 Å². The van der Waals surface area contributed by atoms with Gasteiger partial charge in [-0.25, -0.2) is 0 Å². The number of ketones is 2. The summed E-state index contributed by atoms with van der Waals surface area (Å²) >= 11 is 0. The Kier molecular flexibility index (Phi) is 6.16. The maximum atomic E-state index is 12.5. The first-order valence-electron chi connectivity index (χ1n) is 7.50. The van der Waals surface area contributed by atoms with Crippen LogP contribution in [0, 0.1) is 10.8 Å². The molecule has 0 aromatic carbocycles. The molecule has 0 saturated heterocycles. The molecule has 118 valence electrons. The molecule has 0 aliphatic carbocycles. The van der Waals surface area contributed by atoms with Crippen molar-refractivity contribution < 1.29 is 9.59 Å². The fourth-order valence-corrected chi connectivity index (χ4v) is 1.96. The molecule has 0 unspecified atom stereocenters. The lowest BCUT2D eigenvalue weighted by Gasteiger charge is -2.32. The van der Waals surface area contributed by atoms with Crippen LogP contribution >= 0.6 is 0 Å². The molecule has 1 N–H and O–H groups in total. The van der Waals surface area contributed by atoms with Crippen LogP contribution < -0.4 is 5.32 Å². The molecular weight excluding hydrogens is 250 g/mol. The van der Waals surface area contributed by atoms with Crippen molar-refractivity contribution in [3.05, 3.63) is 0 Å². The first kappa shape index (κ1) is 19.3. The summed E-state index contributed by atoms with van der Waals surface area (Å²) in [5.74, 6) is 0.383. The minimum atomic E-state index is -0.395. The number of rotatable bonds is 5. The largest absolute Gasteiger partial charge is 0.303 e. The van der Waals surface area contributed by atoms with Crippen LogP contribution in [0.5, 0.6) is 0 Å².